The molecule has 3 heteroatoms. The van der Waals surface area contributed by atoms with Crippen molar-refractivity contribution in [2.45, 2.75) is 57.8 Å². The molecule has 2 aromatic carbocycles. The highest BCUT2D eigenvalue weighted by molar-refractivity contribution is 5.99. The molecule has 0 atom stereocenters. The maximum atomic E-state index is 12.0. The highest BCUT2D eigenvalue weighted by atomic mass is 16.2. The van der Waals surface area contributed by atoms with E-state index in [1.54, 1.807) is 0 Å². The van der Waals surface area contributed by atoms with Gasteiger partial charge in [-0.1, -0.05) is 73.9 Å². The standard InChI is InChI=1S/C23H28N2O/c1-18(24-25-23(26)17-12-19-8-4-2-5-9-19)20-13-15-22(16-14-20)21-10-6-3-7-11-21/h2,4-5,8-9,13-16,21H,3,6-7,10-12,17H2,1H3,(H,25,26)/b24-18+. The third-order valence-electron chi connectivity index (χ3n) is 5.24. The van der Waals surface area contributed by atoms with Crippen LogP contribution in [0.2, 0.25) is 0 Å². The summed E-state index contributed by atoms with van der Waals surface area (Å²) in [5.74, 6) is 0.666. The Morgan fingerprint density at radius 3 is 2.38 bits per heavy atom. The van der Waals surface area contributed by atoms with Gasteiger partial charge >= 0.3 is 0 Å². The summed E-state index contributed by atoms with van der Waals surface area (Å²) in [7, 11) is 0. The van der Waals surface area contributed by atoms with Gasteiger partial charge in [0.05, 0.1) is 5.71 Å². The predicted octanol–water partition coefficient (Wildman–Crippen LogP) is 5.21. The average Bonchev–Trinajstić information content (AvgIpc) is 2.72. The van der Waals surface area contributed by atoms with Crippen molar-refractivity contribution in [1.82, 2.24) is 5.43 Å². The monoisotopic (exact) mass is 348 g/mol. The Morgan fingerprint density at radius 1 is 1.00 bits per heavy atom. The molecule has 0 spiro atoms. The zero-order valence-electron chi connectivity index (χ0n) is 15.6. The van der Waals surface area contributed by atoms with Crippen LogP contribution < -0.4 is 5.43 Å². The second kappa shape index (κ2) is 9.33. The first kappa shape index (κ1) is 18.4. The summed E-state index contributed by atoms with van der Waals surface area (Å²) in [6, 6.07) is 18.7. The molecular weight excluding hydrogens is 320 g/mol. The first-order valence-electron chi connectivity index (χ1n) is 9.70. The van der Waals surface area contributed by atoms with Crippen LogP contribution in [0.1, 0.15) is 68.1 Å². The van der Waals surface area contributed by atoms with E-state index in [1.807, 2.05) is 37.3 Å². The number of aryl methyl sites for hydroxylation is 1. The van der Waals surface area contributed by atoms with Gasteiger partial charge in [-0.05, 0) is 48.8 Å². The maximum Gasteiger partial charge on any atom is 0.240 e. The lowest BCUT2D eigenvalue weighted by Gasteiger charge is -2.22. The van der Waals surface area contributed by atoms with Gasteiger partial charge in [0.25, 0.3) is 0 Å². The van der Waals surface area contributed by atoms with Crippen LogP contribution in [-0.4, -0.2) is 11.6 Å². The summed E-state index contributed by atoms with van der Waals surface area (Å²) in [6.45, 7) is 1.94. The summed E-state index contributed by atoms with van der Waals surface area (Å²) in [5.41, 5.74) is 7.19. The van der Waals surface area contributed by atoms with E-state index in [4.69, 9.17) is 0 Å². The first-order chi connectivity index (χ1) is 12.7. The van der Waals surface area contributed by atoms with E-state index in [0.717, 1.165) is 17.7 Å². The van der Waals surface area contributed by atoms with Crippen LogP contribution in [-0.2, 0) is 11.2 Å². The van der Waals surface area contributed by atoms with Gasteiger partial charge < -0.3 is 0 Å². The molecular formula is C23H28N2O. The Labute approximate surface area is 156 Å². The summed E-state index contributed by atoms with van der Waals surface area (Å²) >= 11 is 0. The molecule has 1 aliphatic rings. The van der Waals surface area contributed by atoms with Crippen molar-refractivity contribution < 1.29 is 4.79 Å². The fraction of sp³-hybridized carbons (Fsp3) is 0.391. The lowest BCUT2D eigenvalue weighted by Crippen LogP contribution is -2.19. The second-order valence-electron chi connectivity index (χ2n) is 7.17. The molecule has 3 rings (SSSR count). The third-order valence-corrected chi connectivity index (χ3v) is 5.24. The van der Waals surface area contributed by atoms with Crippen LogP contribution in [0.15, 0.2) is 59.7 Å². The number of hydrogen-bond acceptors (Lipinski definition) is 2. The quantitative estimate of drug-likeness (QED) is 0.565. The van der Waals surface area contributed by atoms with Crippen LogP contribution in [0, 0.1) is 0 Å². The number of hydrazone groups is 1. The van der Waals surface area contributed by atoms with Gasteiger partial charge in [-0.2, -0.15) is 5.10 Å². The van der Waals surface area contributed by atoms with E-state index in [1.165, 1.54) is 43.2 Å². The van der Waals surface area contributed by atoms with E-state index in [0.29, 0.717) is 12.3 Å². The number of amides is 1. The molecule has 1 aliphatic carbocycles. The highest BCUT2D eigenvalue weighted by Gasteiger charge is 2.15. The smallest absolute Gasteiger partial charge is 0.240 e. The number of nitrogens with one attached hydrogen (secondary N) is 1. The van der Waals surface area contributed by atoms with E-state index in [2.05, 4.69) is 34.8 Å². The molecule has 0 aliphatic heterocycles. The SMILES string of the molecule is C/C(=N\NC(=O)CCc1ccccc1)c1ccc(C2CCCCC2)cc1. The number of carbonyl (C=O) groups excluding carboxylic acids is 1. The van der Waals surface area contributed by atoms with Crippen molar-refractivity contribution in [3.05, 3.63) is 71.3 Å². The fourth-order valence-corrected chi connectivity index (χ4v) is 3.60. The van der Waals surface area contributed by atoms with Gasteiger partial charge in [0, 0.05) is 6.42 Å². The molecule has 1 saturated carbocycles. The summed E-state index contributed by atoms with van der Waals surface area (Å²) in [6.07, 6.45) is 7.88. The van der Waals surface area contributed by atoms with Crippen molar-refractivity contribution in [2.75, 3.05) is 0 Å². The lowest BCUT2D eigenvalue weighted by molar-refractivity contribution is -0.121. The number of nitrogens with zero attached hydrogens (tertiary/aromatic N) is 1. The lowest BCUT2D eigenvalue weighted by atomic mass is 9.84. The minimum atomic E-state index is -0.0490. The zero-order chi connectivity index (χ0) is 18.2. The number of carbonyl (C=O) groups is 1. The average molecular weight is 348 g/mol. The van der Waals surface area contributed by atoms with Crippen LogP contribution in [0.5, 0.6) is 0 Å². The number of rotatable bonds is 6. The Morgan fingerprint density at radius 2 is 1.69 bits per heavy atom. The van der Waals surface area contributed by atoms with Gasteiger partial charge in [0.15, 0.2) is 0 Å². The van der Waals surface area contributed by atoms with Crippen molar-refractivity contribution in [1.29, 1.82) is 0 Å². The van der Waals surface area contributed by atoms with Crippen LogP contribution in [0.4, 0.5) is 0 Å². The predicted molar refractivity (Wildman–Crippen MR) is 107 cm³/mol. The zero-order valence-corrected chi connectivity index (χ0v) is 15.6. The van der Waals surface area contributed by atoms with Crippen molar-refractivity contribution in [3.63, 3.8) is 0 Å². The maximum absolute atomic E-state index is 12.0. The second-order valence-corrected chi connectivity index (χ2v) is 7.17. The summed E-state index contributed by atoms with van der Waals surface area (Å²) in [5, 5.41) is 4.27. The van der Waals surface area contributed by atoms with Crippen LogP contribution >= 0.6 is 0 Å². The molecule has 1 fully saturated rings. The van der Waals surface area contributed by atoms with Crippen molar-refractivity contribution >= 4 is 11.6 Å². The van der Waals surface area contributed by atoms with E-state index >= 15 is 0 Å². The first-order valence-corrected chi connectivity index (χ1v) is 9.70. The Balaban J connectivity index is 1.51. The molecule has 0 radical (unpaired) electrons. The van der Waals surface area contributed by atoms with E-state index < -0.39 is 0 Å². The Kier molecular flexibility index (Phi) is 6.59. The molecule has 1 N–H and O–H groups in total. The molecule has 3 nitrogen and oxygen atoms in total. The molecule has 0 aromatic heterocycles. The van der Waals surface area contributed by atoms with Gasteiger partial charge in [0.2, 0.25) is 5.91 Å². The van der Waals surface area contributed by atoms with Crippen LogP contribution in [0.3, 0.4) is 0 Å². The van der Waals surface area contributed by atoms with Crippen LogP contribution in [0.25, 0.3) is 0 Å². The van der Waals surface area contributed by atoms with Gasteiger partial charge in [0.1, 0.15) is 0 Å². The number of benzene rings is 2. The molecule has 0 unspecified atom stereocenters. The van der Waals surface area contributed by atoms with E-state index in [-0.39, 0.29) is 5.91 Å². The van der Waals surface area contributed by atoms with Gasteiger partial charge in [-0.25, -0.2) is 5.43 Å². The van der Waals surface area contributed by atoms with Gasteiger partial charge in [-0.15, -0.1) is 0 Å². The molecule has 2 aromatic rings. The topological polar surface area (TPSA) is 41.5 Å². The van der Waals surface area contributed by atoms with E-state index in [9.17, 15) is 4.79 Å². The Hall–Kier alpha value is -2.42. The van der Waals surface area contributed by atoms with Gasteiger partial charge in [-0.3, -0.25) is 4.79 Å². The Bertz CT molecular complexity index is 729. The minimum Gasteiger partial charge on any atom is -0.273 e. The molecule has 0 bridgehead atoms. The molecule has 1 amide bonds. The normalized spacial score (nSPS) is 15.7. The molecule has 0 heterocycles. The fourth-order valence-electron chi connectivity index (χ4n) is 3.60. The largest absolute Gasteiger partial charge is 0.273 e. The molecule has 26 heavy (non-hydrogen) atoms. The third kappa shape index (κ3) is 5.29. The molecule has 136 valence electrons. The number of hydrogen-bond donors (Lipinski definition) is 1. The van der Waals surface area contributed by atoms with Crippen molar-refractivity contribution in [3.8, 4) is 0 Å². The highest BCUT2D eigenvalue weighted by Crippen LogP contribution is 2.32. The molecule has 0 saturated heterocycles. The summed E-state index contributed by atoms with van der Waals surface area (Å²) < 4.78 is 0. The van der Waals surface area contributed by atoms with Crippen molar-refractivity contribution in [2.24, 2.45) is 5.10 Å². The minimum absolute atomic E-state index is 0.0490. The summed E-state index contributed by atoms with van der Waals surface area (Å²) in [4.78, 5) is 12.0.